The third-order valence-electron chi connectivity index (χ3n) is 2.96. The minimum atomic E-state index is -0.935. The lowest BCUT2D eigenvalue weighted by atomic mass is 10.1. The number of nitro benzene ring substituents is 2. The Morgan fingerprint density at radius 1 is 0.840 bits per heavy atom. The fourth-order valence-corrected chi connectivity index (χ4v) is 2.22. The van der Waals surface area contributed by atoms with Crippen LogP contribution in [-0.2, 0) is 0 Å². The monoisotopic (exact) mass is 408 g/mol. The Morgan fingerprint density at radius 2 is 1.36 bits per heavy atom. The molecule has 0 heterocycles. The highest BCUT2D eigenvalue weighted by Gasteiger charge is 2.20. The third kappa shape index (κ3) is 4.57. The van der Waals surface area contributed by atoms with Crippen LogP contribution in [0, 0.1) is 20.2 Å². The fraction of sp³-hybridized carbons (Fsp3) is 0. The lowest BCUT2D eigenvalue weighted by molar-refractivity contribution is -0.394. The van der Waals surface area contributed by atoms with Crippen LogP contribution in [0.5, 0.6) is 0 Å². The Bertz CT molecular complexity index is 853. The molecule has 128 valence electrons. The largest absolute Gasteiger partial charge is 0.277 e. The van der Waals surface area contributed by atoms with Gasteiger partial charge in [-0.3, -0.25) is 40.7 Å². The number of nitro groups is 2. The molecule has 2 N–H and O–H groups in total. The third-order valence-corrected chi connectivity index (χ3v) is 3.46. The van der Waals surface area contributed by atoms with Crippen LogP contribution in [0.4, 0.5) is 11.4 Å². The summed E-state index contributed by atoms with van der Waals surface area (Å²) in [6, 6.07) is 8.81. The number of carbonyl (C=O) groups is 2. The van der Waals surface area contributed by atoms with Crippen molar-refractivity contribution in [1.82, 2.24) is 10.9 Å². The van der Waals surface area contributed by atoms with Crippen LogP contribution in [0.3, 0.4) is 0 Å². The molecule has 0 saturated carbocycles. The molecule has 0 aromatic heterocycles. The first-order valence-electron chi connectivity index (χ1n) is 6.58. The maximum Gasteiger partial charge on any atom is 0.277 e. The second-order valence-corrected chi connectivity index (χ2v) is 5.59. The zero-order valence-corrected chi connectivity index (χ0v) is 13.8. The van der Waals surface area contributed by atoms with E-state index in [2.05, 4.69) is 21.4 Å². The Kier molecular flexibility index (Phi) is 5.39. The molecule has 2 aromatic rings. The summed E-state index contributed by atoms with van der Waals surface area (Å²) in [5.74, 6) is -1.57. The molecule has 0 saturated heterocycles. The van der Waals surface area contributed by atoms with E-state index >= 15 is 0 Å². The van der Waals surface area contributed by atoms with Crippen molar-refractivity contribution >= 4 is 39.1 Å². The number of rotatable bonds is 4. The van der Waals surface area contributed by atoms with Gasteiger partial charge in [0.15, 0.2) is 0 Å². The Labute approximate surface area is 148 Å². The lowest BCUT2D eigenvalue weighted by Crippen LogP contribution is -2.41. The first-order valence-corrected chi connectivity index (χ1v) is 7.37. The van der Waals surface area contributed by atoms with E-state index in [1.807, 2.05) is 5.43 Å². The van der Waals surface area contributed by atoms with Crippen LogP contribution in [-0.4, -0.2) is 21.7 Å². The lowest BCUT2D eigenvalue weighted by Gasteiger charge is -2.07. The van der Waals surface area contributed by atoms with Gasteiger partial charge in [0.25, 0.3) is 23.2 Å². The number of nitrogens with one attached hydrogen (secondary N) is 2. The Morgan fingerprint density at radius 3 is 1.84 bits per heavy atom. The molecule has 0 atom stereocenters. The smallest absolute Gasteiger partial charge is 0.267 e. The Hall–Kier alpha value is -3.34. The molecule has 0 fully saturated rings. The van der Waals surface area contributed by atoms with Crippen LogP contribution in [0.15, 0.2) is 46.9 Å². The van der Waals surface area contributed by atoms with E-state index < -0.39 is 33.0 Å². The van der Waals surface area contributed by atoms with Crippen molar-refractivity contribution in [2.75, 3.05) is 0 Å². The predicted octanol–water partition coefficient (Wildman–Crippen LogP) is 2.34. The van der Waals surface area contributed by atoms with E-state index in [0.717, 1.165) is 18.2 Å². The molecule has 0 aliphatic rings. The number of carbonyl (C=O) groups excluding carboxylic acids is 2. The van der Waals surface area contributed by atoms with Crippen molar-refractivity contribution in [3.05, 3.63) is 78.3 Å². The van der Waals surface area contributed by atoms with Gasteiger partial charge in [-0.1, -0.05) is 22.0 Å². The average molecular weight is 409 g/mol. The Balaban J connectivity index is 2.16. The summed E-state index contributed by atoms with van der Waals surface area (Å²) in [6.45, 7) is 0. The SMILES string of the molecule is O=C(NNC(=O)c1cc([N+](=O)[O-])cc([N+](=O)[O-])c1)c1cccc(Br)c1. The summed E-state index contributed by atoms with van der Waals surface area (Å²) in [5.41, 5.74) is 2.86. The molecule has 0 aliphatic heterocycles. The van der Waals surface area contributed by atoms with Gasteiger partial charge in [-0.15, -0.1) is 0 Å². The summed E-state index contributed by atoms with van der Waals surface area (Å²) in [4.78, 5) is 43.8. The van der Waals surface area contributed by atoms with Gasteiger partial charge in [0.2, 0.25) is 0 Å². The van der Waals surface area contributed by atoms with Crippen molar-refractivity contribution in [2.45, 2.75) is 0 Å². The minimum Gasteiger partial charge on any atom is -0.267 e. The molecule has 0 aliphatic carbocycles. The number of hydrazine groups is 1. The van der Waals surface area contributed by atoms with E-state index in [9.17, 15) is 29.8 Å². The molecular weight excluding hydrogens is 400 g/mol. The maximum atomic E-state index is 12.0. The van der Waals surface area contributed by atoms with Gasteiger partial charge >= 0.3 is 0 Å². The van der Waals surface area contributed by atoms with Crippen LogP contribution in [0.2, 0.25) is 0 Å². The zero-order valence-electron chi connectivity index (χ0n) is 12.3. The molecule has 10 nitrogen and oxygen atoms in total. The molecule has 0 unspecified atom stereocenters. The van der Waals surface area contributed by atoms with E-state index in [4.69, 9.17) is 0 Å². The number of amides is 2. The zero-order chi connectivity index (χ0) is 18.6. The topological polar surface area (TPSA) is 144 Å². The maximum absolute atomic E-state index is 12.0. The van der Waals surface area contributed by atoms with Crippen LogP contribution >= 0.6 is 15.9 Å². The minimum absolute atomic E-state index is 0.250. The van der Waals surface area contributed by atoms with Crippen molar-refractivity contribution in [3.63, 3.8) is 0 Å². The molecule has 11 heteroatoms. The first-order chi connectivity index (χ1) is 11.8. The van der Waals surface area contributed by atoms with E-state index in [0.29, 0.717) is 4.47 Å². The second-order valence-electron chi connectivity index (χ2n) is 4.67. The summed E-state index contributed by atoms with van der Waals surface area (Å²) < 4.78 is 0.654. The molecule has 25 heavy (non-hydrogen) atoms. The second kappa shape index (κ2) is 7.49. The predicted molar refractivity (Wildman–Crippen MR) is 88.8 cm³/mol. The highest BCUT2D eigenvalue weighted by molar-refractivity contribution is 9.10. The fourth-order valence-electron chi connectivity index (χ4n) is 1.82. The van der Waals surface area contributed by atoms with Crippen LogP contribution in [0.25, 0.3) is 0 Å². The molecule has 2 rings (SSSR count). The van der Waals surface area contributed by atoms with Gasteiger partial charge in [-0.05, 0) is 18.2 Å². The molecule has 0 radical (unpaired) electrons. The van der Waals surface area contributed by atoms with Gasteiger partial charge < -0.3 is 0 Å². The summed E-state index contributed by atoms with van der Waals surface area (Å²) in [5, 5.41) is 21.6. The molecular formula is C14H9BrN4O6. The number of halogens is 1. The standard InChI is InChI=1S/C14H9BrN4O6/c15-10-3-1-2-8(4-10)13(20)16-17-14(21)9-5-11(18(22)23)7-12(6-9)19(24)25/h1-7H,(H,16,20)(H,17,21). The average Bonchev–Trinajstić information content (AvgIpc) is 2.58. The van der Waals surface area contributed by atoms with Gasteiger partial charge in [0, 0.05) is 22.2 Å². The quantitative estimate of drug-likeness (QED) is 0.586. The number of hydrogen-bond donors (Lipinski definition) is 2. The van der Waals surface area contributed by atoms with Crippen LogP contribution < -0.4 is 10.9 Å². The van der Waals surface area contributed by atoms with E-state index in [1.54, 1.807) is 12.1 Å². The van der Waals surface area contributed by atoms with Crippen molar-refractivity contribution < 1.29 is 19.4 Å². The van der Waals surface area contributed by atoms with Crippen molar-refractivity contribution in [2.24, 2.45) is 0 Å². The summed E-state index contributed by atoms with van der Waals surface area (Å²) in [7, 11) is 0. The van der Waals surface area contributed by atoms with Crippen LogP contribution in [0.1, 0.15) is 20.7 Å². The highest BCUT2D eigenvalue weighted by Crippen LogP contribution is 2.22. The number of hydrogen-bond acceptors (Lipinski definition) is 6. The number of benzene rings is 2. The van der Waals surface area contributed by atoms with Crippen molar-refractivity contribution in [3.8, 4) is 0 Å². The van der Waals surface area contributed by atoms with Crippen molar-refractivity contribution in [1.29, 1.82) is 0 Å². The van der Waals surface area contributed by atoms with E-state index in [1.165, 1.54) is 12.1 Å². The molecule has 0 bridgehead atoms. The molecule has 2 aromatic carbocycles. The molecule has 2 amide bonds. The first kappa shape index (κ1) is 18.0. The normalized spacial score (nSPS) is 9.96. The van der Waals surface area contributed by atoms with Gasteiger partial charge in [-0.25, -0.2) is 0 Å². The van der Waals surface area contributed by atoms with Gasteiger partial charge in [0.1, 0.15) is 0 Å². The van der Waals surface area contributed by atoms with E-state index in [-0.39, 0.29) is 11.1 Å². The highest BCUT2D eigenvalue weighted by atomic mass is 79.9. The number of non-ortho nitro benzene ring substituents is 2. The summed E-state index contributed by atoms with van der Waals surface area (Å²) in [6.07, 6.45) is 0. The van der Waals surface area contributed by atoms with Gasteiger partial charge in [0.05, 0.1) is 21.5 Å². The number of nitrogens with zero attached hydrogens (tertiary/aromatic N) is 2. The summed E-state index contributed by atoms with van der Waals surface area (Å²) >= 11 is 3.20. The van der Waals surface area contributed by atoms with Gasteiger partial charge in [-0.2, -0.15) is 0 Å². The molecule has 0 spiro atoms.